The molecule has 1 aromatic carbocycles. The van der Waals surface area contributed by atoms with E-state index in [0.29, 0.717) is 23.0 Å². The molecular weight excluding hydrogens is 374 g/mol. The van der Waals surface area contributed by atoms with Gasteiger partial charge in [0.1, 0.15) is 5.82 Å². The molecule has 4 rings (SSSR count). The van der Waals surface area contributed by atoms with Gasteiger partial charge in [0.25, 0.3) is 5.56 Å². The van der Waals surface area contributed by atoms with E-state index in [0.717, 1.165) is 11.3 Å². The lowest BCUT2D eigenvalue weighted by Gasteiger charge is -2.11. The van der Waals surface area contributed by atoms with Crippen LogP contribution in [0.3, 0.4) is 0 Å². The fourth-order valence-electron chi connectivity index (χ4n) is 2.99. The lowest BCUT2D eigenvalue weighted by atomic mass is 10.0. The van der Waals surface area contributed by atoms with Gasteiger partial charge in [0, 0.05) is 5.38 Å². The summed E-state index contributed by atoms with van der Waals surface area (Å²) in [5.41, 5.74) is 8.73. The Morgan fingerprint density at radius 1 is 1.21 bits per heavy atom. The summed E-state index contributed by atoms with van der Waals surface area (Å²) in [6.45, 7) is 2.19. The summed E-state index contributed by atoms with van der Waals surface area (Å²) < 4.78 is 7.13. The van der Waals surface area contributed by atoms with Gasteiger partial charge < -0.3 is 10.5 Å². The van der Waals surface area contributed by atoms with Crippen molar-refractivity contribution in [2.24, 2.45) is 0 Å². The van der Waals surface area contributed by atoms with Gasteiger partial charge in [0.2, 0.25) is 5.78 Å². The number of carbonyl (C=O) groups excluding carboxylic acids is 1. The largest absolute Gasteiger partial charge is 0.490 e. The SMILES string of the molecule is CCOC1=CC(=Cc2c(N)n3c(-c4ccccc4)csc3nc2=O)C=CC1=O. The Balaban J connectivity index is 1.88. The molecule has 1 aliphatic carbocycles. The minimum atomic E-state index is -0.414. The molecule has 140 valence electrons. The average Bonchev–Trinajstić information content (AvgIpc) is 3.12. The van der Waals surface area contributed by atoms with E-state index in [2.05, 4.69) is 4.98 Å². The molecule has 0 saturated carbocycles. The van der Waals surface area contributed by atoms with Crippen LogP contribution in [0, 0.1) is 0 Å². The average molecular weight is 391 g/mol. The second-order valence-corrected chi connectivity index (χ2v) is 6.94. The first-order valence-corrected chi connectivity index (χ1v) is 9.60. The zero-order valence-corrected chi connectivity index (χ0v) is 15.9. The van der Waals surface area contributed by atoms with Crippen LogP contribution in [-0.2, 0) is 9.53 Å². The molecule has 28 heavy (non-hydrogen) atoms. The van der Waals surface area contributed by atoms with E-state index in [-0.39, 0.29) is 17.1 Å². The van der Waals surface area contributed by atoms with Crippen molar-refractivity contribution in [3.63, 3.8) is 0 Å². The molecule has 0 fully saturated rings. The molecule has 0 saturated heterocycles. The van der Waals surface area contributed by atoms with Crippen molar-refractivity contribution in [2.45, 2.75) is 6.92 Å². The Kier molecular flexibility index (Phi) is 4.67. The number of hydrogen-bond donors (Lipinski definition) is 1. The summed E-state index contributed by atoms with van der Waals surface area (Å²) in [4.78, 5) is 29.1. The molecule has 0 aliphatic heterocycles. The Bertz CT molecular complexity index is 1220. The fourth-order valence-corrected chi connectivity index (χ4v) is 3.89. The molecular formula is C21H17N3O3S. The van der Waals surface area contributed by atoms with Crippen LogP contribution in [-0.4, -0.2) is 21.8 Å². The number of nitrogens with zero attached hydrogens (tertiary/aromatic N) is 2. The second kappa shape index (κ2) is 7.28. The maximum absolute atomic E-state index is 12.6. The Morgan fingerprint density at radius 3 is 2.75 bits per heavy atom. The molecule has 0 amide bonds. The second-order valence-electron chi connectivity index (χ2n) is 6.10. The molecule has 2 heterocycles. The molecule has 2 N–H and O–H groups in total. The third-order valence-corrected chi connectivity index (χ3v) is 5.13. The number of thiazole rings is 1. The maximum Gasteiger partial charge on any atom is 0.283 e. The van der Waals surface area contributed by atoms with E-state index in [1.54, 1.807) is 29.6 Å². The van der Waals surface area contributed by atoms with Gasteiger partial charge in [-0.3, -0.25) is 14.0 Å². The van der Waals surface area contributed by atoms with Crippen LogP contribution in [0.4, 0.5) is 5.82 Å². The van der Waals surface area contributed by atoms with Crippen LogP contribution in [0.25, 0.3) is 22.3 Å². The van der Waals surface area contributed by atoms with Crippen LogP contribution in [0.15, 0.2) is 70.1 Å². The Labute approximate surface area is 164 Å². The monoisotopic (exact) mass is 391 g/mol. The van der Waals surface area contributed by atoms with Gasteiger partial charge in [0.15, 0.2) is 10.7 Å². The number of aromatic nitrogens is 2. The van der Waals surface area contributed by atoms with E-state index >= 15 is 0 Å². The first-order valence-electron chi connectivity index (χ1n) is 8.72. The smallest absolute Gasteiger partial charge is 0.283 e. The number of fused-ring (bicyclic) bond motifs is 1. The van der Waals surface area contributed by atoms with Gasteiger partial charge in [0.05, 0.1) is 17.9 Å². The summed E-state index contributed by atoms with van der Waals surface area (Å²) in [5, 5.41) is 1.93. The van der Waals surface area contributed by atoms with Crippen molar-refractivity contribution >= 4 is 34.0 Å². The molecule has 0 spiro atoms. The standard InChI is InChI=1S/C21H17N3O3S/c1-2-27-18-11-13(8-9-17(18)25)10-15-19(22)24-16(14-6-4-3-5-7-14)12-28-21(24)23-20(15)26/h3-12H,2,22H2,1H3. The van der Waals surface area contributed by atoms with Gasteiger partial charge in [-0.05, 0) is 36.3 Å². The van der Waals surface area contributed by atoms with E-state index in [1.165, 1.54) is 17.4 Å². The Morgan fingerprint density at radius 2 is 2.00 bits per heavy atom. The van der Waals surface area contributed by atoms with Gasteiger partial charge in [-0.25, -0.2) is 0 Å². The molecule has 0 unspecified atom stereocenters. The summed E-state index contributed by atoms with van der Waals surface area (Å²) in [6.07, 6.45) is 6.28. The van der Waals surface area contributed by atoms with E-state index in [9.17, 15) is 9.59 Å². The lowest BCUT2D eigenvalue weighted by Crippen LogP contribution is -2.16. The highest BCUT2D eigenvalue weighted by Gasteiger charge is 2.17. The van der Waals surface area contributed by atoms with Crippen LogP contribution >= 0.6 is 11.3 Å². The van der Waals surface area contributed by atoms with Crippen LogP contribution in [0.5, 0.6) is 0 Å². The summed E-state index contributed by atoms with van der Waals surface area (Å²) in [5.74, 6) is 0.338. The number of ether oxygens (including phenoxy) is 1. The van der Waals surface area contributed by atoms with Crippen LogP contribution < -0.4 is 11.3 Å². The van der Waals surface area contributed by atoms with Gasteiger partial charge in [-0.15, -0.1) is 11.3 Å². The van der Waals surface area contributed by atoms with Crippen molar-refractivity contribution in [3.05, 3.63) is 81.2 Å². The van der Waals surface area contributed by atoms with Gasteiger partial charge >= 0.3 is 0 Å². The van der Waals surface area contributed by atoms with Crippen molar-refractivity contribution in [3.8, 4) is 11.3 Å². The van der Waals surface area contributed by atoms with Crippen molar-refractivity contribution in [1.82, 2.24) is 9.38 Å². The highest BCUT2D eigenvalue weighted by atomic mass is 32.1. The number of hydrogen-bond acceptors (Lipinski definition) is 6. The fraction of sp³-hybridized carbons (Fsp3) is 0.0952. The highest BCUT2D eigenvalue weighted by molar-refractivity contribution is 7.15. The summed E-state index contributed by atoms with van der Waals surface area (Å²) in [7, 11) is 0. The highest BCUT2D eigenvalue weighted by Crippen LogP contribution is 2.28. The number of anilines is 1. The third kappa shape index (κ3) is 3.16. The molecule has 0 radical (unpaired) electrons. The van der Waals surface area contributed by atoms with Crippen molar-refractivity contribution < 1.29 is 9.53 Å². The number of allylic oxidation sites excluding steroid dienone is 4. The number of nitrogens with two attached hydrogens (primary N) is 1. The van der Waals surface area contributed by atoms with E-state index < -0.39 is 5.56 Å². The number of rotatable bonds is 4. The zero-order valence-electron chi connectivity index (χ0n) is 15.1. The maximum atomic E-state index is 12.6. The van der Waals surface area contributed by atoms with E-state index in [1.807, 2.05) is 35.7 Å². The number of benzene rings is 1. The Hall–Kier alpha value is -3.45. The molecule has 6 nitrogen and oxygen atoms in total. The van der Waals surface area contributed by atoms with Gasteiger partial charge in [-0.2, -0.15) is 4.98 Å². The minimum absolute atomic E-state index is 0.207. The third-order valence-electron chi connectivity index (χ3n) is 4.30. The number of nitrogen functional groups attached to an aromatic ring is 1. The van der Waals surface area contributed by atoms with Crippen molar-refractivity contribution in [2.75, 3.05) is 12.3 Å². The molecule has 3 aromatic rings. The molecule has 0 bridgehead atoms. The van der Waals surface area contributed by atoms with E-state index in [4.69, 9.17) is 10.5 Å². The van der Waals surface area contributed by atoms with Crippen molar-refractivity contribution in [1.29, 1.82) is 0 Å². The van der Waals surface area contributed by atoms with Crippen LogP contribution in [0.1, 0.15) is 12.5 Å². The lowest BCUT2D eigenvalue weighted by molar-refractivity contribution is -0.114. The quantitative estimate of drug-likeness (QED) is 0.736. The molecule has 1 aliphatic rings. The number of carbonyl (C=O) groups is 1. The first-order chi connectivity index (χ1) is 13.6. The minimum Gasteiger partial charge on any atom is -0.490 e. The predicted octanol–water partition coefficient (Wildman–Crippen LogP) is 3.45. The van der Waals surface area contributed by atoms with Gasteiger partial charge in [-0.1, -0.05) is 36.4 Å². The van der Waals surface area contributed by atoms with Crippen LogP contribution in [0.2, 0.25) is 0 Å². The summed E-state index contributed by atoms with van der Waals surface area (Å²) >= 11 is 1.36. The summed E-state index contributed by atoms with van der Waals surface area (Å²) in [6, 6.07) is 9.78. The first kappa shape index (κ1) is 17.9. The number of ketones is 1. The molecule has 7 heteroatoms. The normalized spacial score (nSPS) is 15.2. The zero-order chi connectivity index (χ0) is 19.7. The molecule has 2 aromatic heterocycles. The topological polar surface area (TPSA) is 86.7 Å². The predicted molar refractivity (Wildman–Crippen MR) is 111 cm³/mol. The molecule has 0 atom stereocenters.